The number of hydrogen-bond donors (Lipinski definition) is 0. The lowest BCUT2D eigenvalue weighted by molar-refractivity contribution is 0.550. The number of nitriles is 2. The van der Waals surface area contributed by atoms with Gasteiger partial charge in [-0.05, 0) is 67.0 Å². The van der Waals surface area contributed by atoms with Gasteiger partial charge in [0.05, 0.1) is 34.8 Å². The number of nitrogens with zero attached hydrogens (tertiary/aromatic N) is 4. The van der Waals surface area contributed by atoms with Gasteiger partial charge in [0.25, 0.3) is 0 Å². The number of hydrogen-bond acceptors (Lipinski definition) is 3. The van der Waals surface area contributed by atoms with E-state index in [1.54, 1.807) is 0 Å². The highest BCUT2D eigenvalue weighted by molar-refractivity contribution is 6.10. The van der Waals surface area contributed by atoms with Crippen molar-refractivity contribution in [1.29, 1.82) is 10.5 Å². The van der Waals surface area contributed by atoms with Crippen LogP contribution in [0.5, 0.6) is 0 Å². The fourth-order valence-corrected chi connectivity index (χ4v) is 7.65. The van der Waals surface area contributed by atoms with Crippen LogP contribution in [-0.2, 0) is 5.41 Å². The van der Waals surface area contributed by atoms with Gasteiger partial charge in [-0.2, -0.15) is 10.5 Å². The summed E-state index contributed by atoms with van der Waals surface area (Å²) in [5, 5.41) is 23.1. The van der Waals surface area contributed by atoms with E-state index >= 15 is 0 Å². The lowest BCUT2D eigenvalue weighted by Gasteiger charge is -2.35. The molecule has 0 saturated heterocycles. The lowest BCUT2D eigenvalue weighted by Crippen LogP contribution is -2.39. The Bertz CT molecular complexity index is 2170. The van der Waals surface area contributed by atoms with Crippen molar-refractivity contribution in [2.45, 2.75) is 31.7 Å². The second-order valence-corrected chi connectivity index (χ2v) is 12.2. The zero-order valence-corrected chi connectivity index (χ0v) is 24.7. The summed E-state index contributed by atoms with van der Waals surface area (Å²) < 4.78 is 2.35. The van der Waals surface area contributed by atoms with Gasteiger partial charge in [-0.25, -0.2) is 0 Å². The molecule has 4 nitrogen and oxygen atoms in total. The molecule has 4 heteroatoms. The van der Waals surface area contributed by atoms with E-state index < -0.39 is 0 Å². The maximum absolute atomic E-state index is 10.4. The van der Waals surface area contributed by atoms with E-state index in [1.165, 1.54) is 22.0 Å². The van der Waals surface area contributed by atoms with E-state index in [-0.39, 0.29) is 17.4 Å². The van der Waals surface area contributed by atoms with Crippen LogP contribution in [0.25, 0.3) is 33.1 Å². The van der Waals surface area contributed by atoms with Crippen molar-refractivity contribution in [3.8, 4) is 12.1 Å². The molecular formula is C40H30N4. The van der Waals surface area contributed by atoms with Gasteiger partial charge < -0.3 is 9.47 Å². The van der Waals surface area contributed by atoms with Crippen LogP contribution in [0.2, 0.25) is 0 Å². The third kappa shape index (κ3) is 3.62. The maximum Gasteiger partial charge on any atom is 0.0998 e. The number of benzene rings is 4. The van der Waals surface area contributed by atoms with Gasteiger partial charge >= 0.3 is 0 Å². The molecule has 2 aliphatic carbocycles. The Balaban J connectivity index is 1.34. The molecule has 0 N–H and O–H groups in total. The summed E-state index contributed by atoms with van der Waals surface area (Å²) in [5.41, 5.74) is 9.62. The molecule has 0 spiro atoms. The number of para-hydroxylation sites is 3. The van der Waals surface area contributed by atoms with E-state index in [0.717, 1.165) is 33.6 Å². The van der Waals surface area contributed by atoms with Crippen molar-refractivity contribution < 1.29 is 0 Å². The maximum atomic E-state index is 10.4. The number of anilines is 2. The van der Waals surface area contributed by atoms with Crippen molar-refractivity contribution in [3.05, 3.63) is 144 Å². The second-order valence-electron chi connectivity index (χ2n) is 12.2. The highest BCUT2D eigenvalue weighted by atomic mass is 15.2. The van der Waals surface area contributed by atoms with Crippen LogP contribution >= 0.6 is 0 Å². The summed E-state index contributed by atoms with van der Waals surface area (Å²) in [5.74, 6) is 0.117. The van der Waals surface area contributed by atoms with Gasteiger partial charge in [0.2, 0.25) is 0 Å². The van der Waals surface area contributed by atoms with Gasteiger partial charge in [0.15, 0.2) is 0 Å². The average molecular weight is 567 g/mol. The number of fused-ring (bicyclic) bond motifs is 6. The highest BCUT2D eigenvalue weighted by Gasteiger charge is 2.46. The first-order valence-corrected chi connectivity index (χ1v) is 15.2. The highest BCUT2D eigenvalue weighted by Crippen LogP contribution is 2.52. The quantitative estimate of drug-likeness (QED) is 0.219. The molecular weight excluding hydrogens is 536 g/mol. The Morgan fingerprint density at radius 1 is 0.818 bits per heavy atom. The van der Waals surface area contributed by atoms with Crippen LogP contribution < -0.4 is 4.90 Å². The smallest absolute Gasteiger partial charge is 0.0998 e. The van der Waals surface area contributed by atoms with Crippen molar-refractivity contribution in [2.24, 2.45) is 5.92 Å². The summed E-state index contributed by atoms with van der Waals surface area (Å²) in [6, 6.07) is 36.7. The third-order valence-electron chi connectivity index (χ3n) is 9.78. The molecule has 1 aliphatic heterocycles. The molecule has 3 atom stereocenters. The van der Waals surface area contributed by atoms with Crippen LogP contribution in [-0.4, -0.2) is 10.6 Å². The molecule has 3 aliphatic rings. The Hall–Kier alpha value is -5.58. The van der Waals surface area contributed by atoms with E-state index in [4.69, 9.17) is 0 Å². The minimum atomic E-state index is -0.166. The third-order valence-corrected chi connectivity index (χ3v) is 9.78. The van der Waals surface area contributed by atoms with E-state index in [9.17, 15) is 10.5 Å². The molecule has 8 rings (SSSR count). The molecule has 0 fully saturated rings. The van der Waals surface area contributed by atoms with Crippen LogP contribution in [0.4, 0.5) is 11.4 Å². The number of rotatable bonds is 3. The number of allylic oxidation sites excluding steroid dienone is 6. The molecule has 4 aromatic carbocycles. The van der Waals surface area contributed by atoms with Gasteiger partial charge in [-0.1, -0.05) is 85.8 Å². The topological polar surface area (TPSA) is 55.8 Å². The minimum Gasteiger partial charge on any atom is -0.333 e. The fraction of sp³-hybridized carbons (Fsp3) is 0.150. The normalized spacial score (nSPS) is 22.1. The lowest BCUT2D eigenvalue weighted by atomic mass is 9.76. The van der Waals surface area contributed by atoms with Crippen molar-refractivity contribution in [1.82, 2.24) is 4.57 Å². The minimum absolute atomic E-state index is 0.102. The van der Waals surface area contributed by atoms with Crippen molar-refractivity contribution >= 4 is 44.5 Å². The second kappa shape index (κ2) is 9.73. The Labute approximate surface area is 257 Å². The molecule has 5 aromatic rings. The Kier molecular flexibility index (Phi) is 5.77. The molecule has 0 bridgehead atoms. The van der Waals surface area contributed by atoms with Crippen LogP contribution in [0, 0.1) is 28.6 Å². The SMILES string of the molecule is CC1CC(C#N)=C(c2cc(N3c4ccccc4C4(C)C=CC=CC34)ccc2C#N)C=C1n1c2ccccc2c2ccccc21. The fourth-order valence-electron chi connectivity index (χ4n) is 7.65. The van der Waals surface area contributed by atoms with Crippen LogP contribution in [0.3, 0.4) is 0 Å². The van der Waals surface area contributed by atoms with Crippen LogP contribution in [0.15, 0.2) is 127 Å². The van der Waals surface area contributed by atoms with Crippen molar-refractivity contribution in [3.63, 3.8) is 0 Å². The molecule has 44 heavy (non-hydrogen) atoms. The monoisotopic (exact) mass is 566 g/mol. The molecule has 210 valence electrons. The molecule has 3 unspecified atom stereocenters. The summed E-state index contributed by atoms with van der Waals surface area (Å²) in [4.78, 5) is 2.38. The van der Waals surface area contributed by atoms with E-state index in [2.05, 4.69) is 145 Å². The summed E-state index contributed by atoms with van der Waals surface area (Å²) in [6.45, 7) is 4.48. The van der Waals surface area contributed by atoms with Crippen LogP contribution in [0.1, 0.15) is 37.0 Å². The predicted molar refractivity (Wildman–Crippen MR) is 179 cm³/mol. The van der Waals surface area contributed by atoms with Gasteiger partial charge in [0.1, 0.15) is 0 Å². The molecule has 1 aromatic heterocycles. The molecule has 0 amide bonds. The Morgan fingerprint density at radius 3 is 2.25 bits per heavy atom. The standard InChI is InChI=1S/C40H30N4/c1-26-21-28(25-42)33(23-38(26)44-35-14-6-3-11-30(35)31-12-4-7-15-36(31)44)32-22-29(19-18-27(32)24-41)43-37-16-8-5-13-34(37)40(2)20-10-9-17-39(40)43/h3-20,22-23,26,39H,21H2,1-2H3. The first kappa shape index (κ1) is 26.1. The predicted octanol–water partition coefficient (Wildman–Crippen LogP) is 9.43. The first-order valence-electron chi connectivity index (χ1n) is 15.2. The Morgan fingerprint density at radius 2 is 1.52 bits per heavy atom. The molecule has 0 saturated carbocycles. The van der Waals surface area contributed by atoms with Gasteiger partial charge in [-0.15, -0.1) is 0 Å². The summed E-state index contributed by atoms with van der Waals surface area (Å²) in [6.07, 6.45) is 11.6. The zero-order chi connectivity index (χ0) is 30.0. The first-order chi connectivity index (χ1) is 21.5. The summed E-state index contributed by atoms with van der Waals surface area (Å²) in [7, 11) is 0. The van der Waals surface area contributed by atoms with Crippen molar-refractivity contribution in [2.75, 3.05) is 4.90 Å². The van der Waals surface area contributed by atoms with Gasteiger partial charge in [-0.3, -0.25) is 0 Å². The molecule has 2 heterocycles. The largest absolute Gasteiger partial charge is 0.333 e. The molecule has 0 radical (unpaired) electrons. The zero-order valence-electron chi connectivity index (χ0n) is 24.7. The van der Waals surface area contributed by atoms with E-state index in [1.807, 2.05) is 12.1 Å². The van der Waals surface area contributed by atoms with E-state index in [0.29, 0.717) is 17.6 Å². The van der Waals surface area contributed by atoms with Gasteiger partial charge in [0, 0.05) is 50.3 Å². The number of aromatic nitrogens is 1. The average Bonchev–Trinajstić information content (AvgIpc) is 3.54. The summed E-state index contributed by atoms with van der Waals surface area (Å²) >= 11 is 0.